The summed E-state index contributed by atoms with van der Waals surface area (Å²) >= 11 is 0. The zero-order valence-corrected chi connectivity index (χ0v) is 47.5. The summed E-state index contributed by atoms with van der Waals surface area (Å²) < 4.78 is 25.6. The van der Waals surface area contributed by atoms with Crippen LogP contribution >= 0.6 is 0 Å². The summed E-state index contributed by atoms with van der Waals surface area (Å²) in [6.07, 6.45) is 5.19. The molecule has 8 aromatic rings. The van der Waals surface area contributed by atoms with E-state index in [9.17, 15) is 14.4 Å². The van der Waals surface area contributed by atoms with Crippen LogP contribution in [0, 0.1) is 12.8 Å². The Morgan fingerprint density at radius 2 is 0.951 bits per heavy atom. The second kappa shape index (κ2) is 21.7. The van der Waals surface area contributed by atoms with Gasteiger partial charge in [-0.3, -0.25) is 14.4 Å². The van der Waals surface area contributed by atoms with Crippen LogP contribution in [-0.4, -0.2) is 47.2 Å². The number of aryl methyl sites for hydroxylation is 1. The summed E-state index contributed by atoms with van der Waals surface area (Å²) in [5.41, 5.74) is 7.17. The van der Waals surface area contributed by atoms with Crippen molar-refractivity contribution in [2.75, 3.05) is 16.0 Å². The average molecular weight is 1130 g/mol. The van der Waals surface area contributed by atoms with Gasteiger partial charge in [0.05, 0.1) is 17.6 Å². The van der Waals surface area contributed by atoms with Crippen molar-refractivity contribution in [3.05, 3.63) is 226 Å². The van der Waals surface area contributed by atoms with E-state index in [0.717, 1.165) is 11.1 Å². The smallest absolute Gasteiger partial charge is 0.221 e. The van der Waals surface area contributed by atoms with Gasteiger partial charge in [0.1, 0.15) is 58.0 Å². The SMILES string of the molecule is CC(=O)Nc1ccc(OC2=CC3C(=C4N=C5N=C(N=c6[n-]c(c7ccc(Oc8ccc(NC(C)=O)cc8)cc67)=NC6=NC(=NC3N4)c3ccc(Oc4ccc(NC(C)=O)cc4)cc36)c3ccc(Oc4cccc(C)c4)cc35)C=C2)cc1.[Zn]. The molecule has 5 aliphatic rings. The van der Waals surface area contributed by atoms with E-state index in [1.807, 2.05) is 104 Å². The first kappa shape index (κ1) is 52.3. The van der Waals surface area contributed by atoms with E-state index >= 15 is 0 Å². The second-order valence-corrected chi connectivity index (χ2v) is 19.5. The Balaban J connectivity index is 0.00000665. The van der Waals surface area contributed by atoms with Crippen LogP contribution in [0.2, 0.25) is 0 Å². The number of fused-ring (bicyclic) bond motifs is 17. The summed E-state index contributed by atoms with van der Waals surface area (Å²) in [5, 5.41) is 13.3. The number of benzene rings is 7. The number of hydrogen-bond donors (Lipinski definition) is 4. The molecule has 0 fully saturated rings. The number of hydrogen-bond acceptors (Lipinski definition) is 14. The van der Waals surface area contributed by atoms with Gasteiger partial charge in [-0.25, -0.2) is 20.0 Å². The first-order valence-corrected chi connectivity index (χ1v) is 25.9. The van der Waals surface area contributed by atoms with E-state index in [-0.39, 0.29) is 37.2 Å². The Kier molecular flexibility index (Phi) is 13.8. The van der Waals surface area contributed by atoms with E-state index in [4.69, 9.17) is 53.9 Å². The van der Waals surface area contributed by atoms with Crippen LogP contribution in [0.3, 0.4) is 0 Å². The Labute approximate surface area is 481 Å². The molecule has 8 bridgehead atoms. The van der Waals surface area contributed by atoms with Crippen LogP contribution < -0.4 is 56.2 Å². The number of aromatic nitrogens is 1. The zero-order valence-electron chi connectivity index (χ0n) is 44.5. The molecule has 2 unspecified atom stereocenters. The monoisotopic (exact) mass is 1130 g/mol. The summed E-state index contributed by atoms with van der Waals surface area (Å²) in [4.78, 5) is 71.7. The summed E-state index contributed by atoms with van der Waals surface area (Å²) in [7, 11) is 0. The predicted octanol–water partition coefficient (Wildman–Crippen LogP) is 10.3. The number of anilines is 3. The molecular weight excluding hydrogens is 1090 g/mol. The maximum atomic E-state index is 11.7. The number of aliphatic imine (C=N–C) groups is 4. The van der Waals surface area contributed by atoms with Gasteiger partial charge in [0.15, 0.2) is 11.7 Å². The van der Waals surface area contributed by atoms with Crippen LogP contribution in [0.4, 0.5) is 17.1 Å². The van der Waals surface area contributed by atoms with Crippen molar-refractivity contribution >= 4 is 68.9 Å². The van der Waals surface area contributed by atoms with E-state index < -0.39 is 12.1 Å². The molecule has 18 nitrogen and oxygen atoms in total. The van der Waals surface area contributed by atoms with Gasteiger partial charge in [-0.1, -0.05) is 18.2 Å². The van der Waals surface area contributed by atoms with Crippen molar-refractivity contribution < 1.29 is 52.8 Å². The minimum Gasteiger partial charge on any atom is -0.458 e. The van der Waals surface area contributed by atoms with Crippen molar-refractivity contribution in [2.24, 2.45) is 35.9 Å². The fourth-order valence-corrected chi connectivity index (χ4v) is 9.87. The van der Waals surface area contributed by atoms with Crippen LogP contribution in [0.15, 0.2) is 217 Å². The zero-order chi connectivity index (χ0) is 55.3. The molecule has 0 spiro atoms. The molecule has 3 amide bonds. The summed E-state index contributed by atoms with van der Waals surface area (Å²) in [5.74, 6) is 5.55. The molecule has 7 aromatic carbocycles. The van der Waals surface area contributed by atoms with E-state index in [2.05, 4.69) is 21.3 Å². The predicted molar refractivity (Wildman–Crippen MR) is 308 cm³/mol. The fraction of sp³-hybridized carbons (Fsp3) is 0.0952. The molecule has 82 heavy (non-hydrogen) atoms. The van der Waals surface area contributed by atoms with Gasteiger partial charge in [-0.15, -0.1) is 0 Å². The van der Waals surface area contributed by atoms with E-state index in [1.165, 1.54) is 20.8 Å². The van der Waals surface area contributed by atoms with E-state index in [0.29, 0.717) is 136 Å². The molecule has 1 aliphatic carbocycles. The molecule has 1 aromatic heterocycles. The van der Waals surface area contributed by atoms with Crippen LogP contribution in [0.1, 0.15) is 48.6 Å². The van der Waals surface area contributed by atoms with Gasteiger partial charge >= 0.3 is 0 Å². The topological polar surface area (TPSA) is 225 Å². The number of nitrogens with one attached hydrogen (secondary N) is 4. The summed E-state index contributed by atoms with van der Waals surface area (Å²) in [6.45, 7) is 6.38. The molecule has 2 atom stereocenters. The molecule has 13 rings (SSSR count). The number of carbonyl (C=O) groups is 3. The number of carbonyl (C=O) groups excluding carboxylic acids is 3. The number of allylic oxidation sites excluding steroid dienone is 2. The maximum absolute atomic E-state index is 11.7. The number of ether oxygens (including phenoxy) is 4. The van der Waals surface area contributed by atoms with Crippen molar-refractivity contribution in [3.8, 4) is 40.2 Å². The molecule has 19 heteroatoms. The minimum atomic E-state index is -0.656. The van der Waals surface area contributed by atoms with Gasteiger partial charge in [0.2, 0.25) is 17.7 Å². The van der Waals surface area contributed by atoms with E-state index in [1.54, 1.807) is 72.8 Å². The minimum absolute atomic E-state index is 0. The van der Waals surface area contributed by atoms with Crippen LogP contribution in [-0.2, 0) is 33.9 Å². The Morgan fingerprint density at radius 1 is 0.476 bits per heavy atom. The van der Waals surface area contributed by atoms with Gasteiger partial charge in [-0.2, -0.15) is 0 Å². The third-order valence-electron chi connectivity index (χ3n) is 13.4. The van der Waals surface area contributed by atoms with Crippen molar-refractivity contribution in [1.82, 2.24) is 10.3 Å². The van der Waals surface area contributed by atoms with Gasteiger partial charge in [0, 0.05) is 96.1 Å². The first-order chi connectivity index (χ1) is 39.4. The van der Waals surface area contributed by atoms with Crippen LogP contribution in [0.5, 0.6) is 40.2 Å². The number of nitrogens with zero attached hydrogens (tertiary/aromatic N) is 7. The number of rotatable bonds is 11. The number of amides is 3. The largest absolute Gasteiger partial charge is 0.458 e. The Morgan fingerprint density at radius 3 is 1.54 bits per heavy atom. The van der Waals surface area contributed by atoms with Crippen LogP contribution in [0.25, 0.3) is 10.8 Å². The molecule has 0 radical (unpaired) electrons. The molecule has 5 heterocycles. The molecule has 0 saturated heterocycles. The first-order valence-electron chi connectivity index (χ1n) is 25.9. The Bertz CT molecular complexity index is 4350. The molecule has 398 valence electrons. The molecule has 4 aliphatic heterocycles. The number of amidine groups is 4. The second-order valence-electron chi connectivity index (χ2n) is 19.5. The Hall–Kier alpha value is -10.4. The standard InChI is InChI=1S/C63H47N11O7.Zn/c1-33-6-5-7-43(28-33)81-47-23-27-51-55(32-47)63-73-58-50-26-22-46(80-42-18-12-39(13-19-42)66-36(4)77)31-54(50)61(71-58)69-56-48-24-20-44(78-40-14-8-37(9-15-40)64-34(2)75)29-52(48)60(67-56)68-57-49-25-21-45(30-53(49)62(70-57)72-59(51)74-63)79-41-16-10-38(11-17-41)65-35(3)76;/h5-32,54,61,71H,1-4H3,(H4,64,65,66,67,68,69,70,72,73,74,75,76,77);/p-1. The third kappa shape index (κ3) is 10.9. The normalized spacial score (nSPS) is 15.9. The van der Waals surface area contributed by atoms with Gasteiger partial charge < -0.3 is 55.2 Å². The van der Waals surface area contributed by atoms with Gasteiger partial charge in [0.25, 0.3) is 0 Å². The van der Waals surface area contributed by atoms with Crippen molar-refractivity contribution in [2.45, 2.75) is 33.9 Å². The third-order valence-corrected chi connectivity index (χ3v) is 13.4. The van der Waals surface area contributed by atoms with Crippen molar-refractivity contribution in [3.63, 3.8) is 0 Å². The molecule has 0 saturated carbocycles. The van der Waals surface area contributed by atoms with Gasteiger partial charge in [-0.05, 0) is 175 Å². The van der Waals surface area contributed by atoms with Crippen molar-refractivity contribution in [1.29, 1.82) is 0 Å². The molecular formula is C63H46N11O7Zn-. The maximum Gasteiger partial charge on any atom is 0.221 e. The molecule has 4 N–H and O–H groups in total. The fourth-order valence-electron chi connectivity index (χ4n) is 9.87. The quantitative estimate of drug-likeness (QED) is 0.0903. The average Bonchev–Trinajstić information content (AvgIpc) is 4.34. The summed E-state index contributed by atoms with van der Waals surface area (Å²) in [6, 6.07) is 46.0.